The van der Waals surface area contributed by atoms with Crippen molar-refractivity contribution in [3.05, 3.63) is 29.8 Å². The lowest BCUT2D eigenvalue weighted by Crippen LogP contribution is -2.37. The van der Waals surface area contributed by atoms with Gasteiger partial charge in [0.15, 0.2) is 6.10 Å². The summed E-state index contributed by atoms with van der Waals surface area (Å²) in [4.78, 5) is 11.7. The number of rotatable bonds is 5. The fraction of sp³-hybridized carbons (Fsp3) is 0.429. The summed E-state index contributed by atoms with van der Waals surface area (Å²) in [6.45, 7) is 3.44. The third-order valence-corrected chi connectivity index (χ3v) is 3.03. The van der Waals surface area contributed by atoms with Gasteiger partial charge in [0.2, 0.25) is 0 Å². The fourth-order valence-electron chi connectivity index (χ4n) is 1.64. The molecule has 1 unspecified atom stereocenters. The highest BCUT2D eigenvalue weighted by molar-refractivity contribution is 5.98. The molecule has 0 spiro atoms. The number of amides is 1. The molecule has 1 aliphatic rings. The molecule has 1 fully saturated rings. The van der Waals surface area contributed by atoms with Crippen molar-refractivity contribution in [1.29, 1.82) is 0 Å². The topological polar surface area (TPSA) is 70.9 Å². The Kier molecular flexibility index (Phi) is 4.04. The standard InChI is InChI=1S/C14H18N2O3/c1-9(16-18)11-3-7-13(8-4-11)19-10(2)14(17)15-12-5-6-12/h3-4,7-8,10,12,18H,5-6H2,1-2H3,(H,15,17)/b16-9+. The number of nitrogens with zero attached hydrogens (tertiary/aromatic N) is 1. The minimum Gasteiger partial charge on any atom is -0.481 e. The van der Waals surface area contributed by atoms with Crippen molar-refractivity contribution in [2.24, 2.45) is 5.16 Å². The van der Waals surface area contributed by atoms with Crippen molar-refractivity contribution in [2.75, 3.05) is 0 Å². The number of ether oxygens (including phenoxy) is 1. The predicted octanol–water partition coefficient (Wildman–Crippen LogP) is 1.93. The number of carbonyl (C=O) groups excluding carboxylic acids is 1. The third-order valence-electron chi connectivity index (χ3n) is 3.03. The molecule has 1 aromatic carbocycles. The Hall–Kier alpha value is -2.04. The first kappa shape index (κ1) is 13.4. The van der Waals surface area contributed by atoms with E-state index >= 15 is 0 Å². The summed E-state index contributed by atoms with van der Waals surface area (Å²) in [5.74, 6) is 0.535. The van der Waals surface area contributed by atoms with Gasteiger partial charge >= 0.3 is 0 Å². The van der Waals surface area contributed by atoms with Crippen LogP contribution in [0.3, 0.4) is 0 Å². The molecular weight excluding hydrogens is 244 g/mol. The van der Waals surface area contributed by atoms with Gasteiger partial charge in [-0.05, 0) is 56.5 Å². The van der Waals surface area contributed by atoms with Gasteiger partial charge in [-0.25, -0.2) is 0 Å². The summed E-state index contributed by atoms with van der Waals surface area (Å²) in [6, 6.07) is 7.42. The number of hydrogen-bond acceptors (Lipinski definition) is 4. The molecule has 5 heteroatoms. The largest absolute Gasteiger partial charge is 0.481 e. The molecule has 2 rings (SSSR count). The minimum atomic E-state index is -0.515. The highest BCUT2D eigenvalue weighted by Gasteiger charge is 2.26. The lowest BCUT2D eigenvalue weighted by Gasteiger charge is -2.14. The van der Waals surface area contributed by atoms with Crippen LogP contribution in [-0.2, 0) is 4.79 Å². The monoisotopic (exact) mass is 262 g/mol. The quantitative estimate of drug-likeness (QED) is 0.484. The first-order valence-corrected chi connectivity index (χ1v) is 6.36. The molecule has 0 aliphatic heterocycles. The Labute approximate surface area is 112 Å². The van der Waals surface area contributed by atoms with Crippen LogP contribution in [0, 0.1) is 0 Å². The second-order valence-corrected chi connectivity index (χ2v) is 4.75. The van der Waals surface area contributed by atoms with Crippen molar-refractivity contribution in [1.82, 2.24) is 5.32 Å². The summed E-state index contributed by atoms with van der Waals surface area (Å²) < 4.78 is 5.56. The van der Waals surface area contributed by atoms with Crippen molar-refractivity contribution >= 4 is 11.6 Å². The lowest BCUT2D eigenvalue weighted by molar-refractivity contribution is -0.127. The first-order chi connectivity index (χ1) is 9.10. The van der Waals surface area contributed by atoms with Crippen LogP contribution in [0.25, 0.3) is 0 Å². The van der Waals surface area contributed by atoms with Crippen LogP contribution in [0.2, 0.25) is 0 Å². The summed E-state index contributed by atoms with van der Waals surface area (Å²) in [6.07, 6.45) is 1.61. The number of benzene rings is 1. The van der Waals surface area contributed by atoms with E-state index in [-0.39, 0.29) is 5.91 Å². The van der Waals surface area contributed by atoms with Gasteiger partial charge in [0.25, 0.3) is 5.91 Å². The highest BCUT2D eigenvalue weighted by Crippen LogP contribution is 2.19. The van der Waals surface area contributed by atoms with Crippen LogP contribution in [0.4, 0.5) is 0 Å². The molecule has 0 radical (unpaired) electrons. The molecule has 1 saturated carbocycles. The Morgan fingerprint density at radius 3 is 2.58 bits per heavy atom. The van der Waals surface area contributed by atoms with E-state index in [4.69, 9.17) is 9.94 Å². The summed E-state index contributed by atoms with van der Waals surface area (Å²) in [7, 11) is 0. The molecule has 5 nitrogen and oxygen atoms in total. The van der Waals surface area contributed by atoms with Gasteiger partial charge in [-0.2, -0.15) is 0 Å². The molecule has 1 aliphatic carbocycles. The SMILES string of the molecule is C/C(=N\O)c1ccc(OC(C)C(=O)NC2CC2)cc1. The molecule has 0 saturated heterocycles. The van der Waals surface area contributed by atoms with E-state index in [0.29, 0.717) is 17.5 Å². The van der Waals surface area contributed by atoms with E-state index < -0.39 is 6.10 Å². The Morgan fingerprint density at radius 1 is 1.42 bits per heavy atom. The minimum absolute atomic E-state index is 0.0836. The fourth-order valence-corrected chi connectivity index (χ4v) is 1.64. The van der Waals surface area contributed by atoms with Crippen LogP contribution in [0.1, 0.15) is 32.3 Å². The van der Waals surface area contributed by atoms with E-state index in [0.717, 1.165) is 18.4 Å². The second-order valence-electron chi connectivity index (χ2n) is 4.75. The molecule has 1 atom stereocenters. The Balaban J connectivity index is 1.92. The summed E-state index contributed by atoms with van der Waals surface area (Å²) in [5, 5.41) is 14.7. The van der Waals surface area contributed by atoms with Crippen LogP contribution < -0.4 is 10.1 Å². The van der Waals surface area contributed by atoms with Crippen molar-refractivity contribution in [3.63, 3.8) is 0 Å². The van der Waals surface area contributed by atoms with Gasteiger partial charge in [0.05, 0.1) is 5.71 Å². The van der Waals surface area contributed by atoms with Crippen LogP contribution in [0.5, 0.6) is 5.75 Å². The van der Waals surface area contributed by atoms with Gasteiger partial charge in [0, 0.05) is 6.04 Å². The summed E-state index contributed by atoms with van der Waals surface area (Å²) in [5.41, 5.74) is 1.34. The maximum Gasteiger partial charge on any atom is 0.260 e. The molecule has 1 amide bonds. The van der Waals surface area contributed by atoms with E-state index in [1.807, 2.05) is 0 Å². The normalized spacial score (nSPS) is 16.8. The number of nitrogens with one attached hydrogen (secondary N) is 1. The van der Waals surface area contributed by atoms with Crippen LogP contribution in [0.15, 0.2) is 29.4 Å². The first-order valence-electron chi connectivity index (χ1n) is 6.36. The molecule has 19 heavy (non-hydrogen) atoms. The van der Waals surface area contributed by atoms with E-state index in [9.17, 15) is 4.79 Å². The lowest BCUT2D eigenvalue weighted by atomic mass is 10.1. The Bertz CT molecular complexity index is 478. The zero-order chi connectivity index (χ0) is 13.8. The van der Waals surface area contributed by atoms with Gasteiger partial charge in [-0.1, -0.05) is 5.16 Å². The summed E-state index contributed by atoms with van der Waals surface area (Å²) >= 11 is 0. The Morgan fingerprint density at radius 2 is 2.05 bits per heavy atom. The maximum atomic E-state index is 11.7. The number of oxime groups is 1. The molecule has 0 aromatic heterocycles. The molecular formula is C14H18N2O3. The van der Waals surface area contributed by atoms with Gasteiger partial charge in [0.1, 0.15) is 5.75 Å². The van der Waals surface area contributed by atoms with Gasteiger partial charge in [-0.15, -0.1) is 0 Å². The van der Waals surface area contributed by atoms with E-state index in [1.165, 1.54) is 0 Å². The van der Waals surface area contributed by atoms with Crippen LogP contribution >= 0.6 is 0 Å². The second kappa shape index (κ2) is 5.73. The molecule has 1 aromatic rings. The van der Waals surface area contributed by atoms with Gasteiger partial charge in [-0.3, -0.25) is 4.79 Å². The maximum absolute atomic E-state index is 11.7. The molecule has 102 valence electrons. The average molecular weight is 262 g/mol. The molecule has 2 N–H and O–H groups in total. The van der Waals surface area contributed by atoms with Crippen molar-refractivity contribution in [3.8, 4) is 5.75 Å². The van der Waals surface area contributed by atoms with Gasteiger partial charge < -0.3 is 15.3 Å². The van der Waals surface area contributed by atoms with Crippen molar-refractivity contribution in [2.45, 2.75) is 38.8 Å². The smallest absolute Gasteiger partial charge is 0.260 e. The number of carbonyl (C=O) groups is 1. The molecule has 0 bridgehead atoms. The highest BCUT2D eigenvalue weighted by atomic mass is 16.5. The zero-order valence-corrected chi connectivity index (χ0v) is 11.1. The number of hydrogen-bond donors (Lipinski definition) is 2. The van der Waals surface area contributed by atoms with E-state index in [1.54, 1.807) is 38.1 Å². The third kappa shape index (κ3) is 3.71. The predicted molar refractivity (Wildman–Crippen MR) is 71.7 cm³/mol. The zero-order valence-electron chi connectivity index (χ0n) is 11.1. The average Bonchev–Trinajstić information content (AvgIpc) is 3.22. The molecule has 0 heterocycles. The van der Waals surface area contributed by atoms with Crippen molar-refractivity contribution < 1.29 is 14.7 Å². The van der Waals surface area contributed by atoms with E-state index in [2.05, 4.69) is 10.5 Å². The van der Waals surface area contributed by atoms with Crippen LogP contribution in [-0.4, -0.2) is 29.0 Å².